The van der Waals surface area contributed by atoms with Crippen LogP contribution in [0.5, 0.6) is 0 Å². The maximum absolute atomic E-state index is 12.4. The molecule has 6 nitrogen and oxygen atoms in total. The SMILES string of the molecule is O=C(CCc1ccc(Cl)c(Cl)c1)N1CCC(N2C(=O)CNC2=O)C1. The van der Waals surface area contributed by atoms with Crippen LogP contribution in [0.15, 0.2) is 18.2 Å². The second-order valence-corrected chi connectivity index (χ2v) is 6.77. The van der Waals surface area contributed by atoms with E-state index in [0.29, 0.717) is 42.4 Å². The summed E-state index contributed by atoms with van der Waals surface area (Å²) in [5.41, 5.74) is 0.947. The van der Waals surface area contributed by atoms with Crippen LogP contribution < -0.4 is 5.32 Å². The Morgan fingerprint density at radius 3 is 2.71 bits per heavy atom. The number of carbonyl (C=O) groups excluding carboxylic acids is 3. The fourth-order valence-corrected chi connectivity index (χ4v) is 3.41. The molecule has 1 atom stereocenters. The highest BCUT2D eigenvalue weighted by Gasteiger charge is 2.39. The lowest BCUT2D eigenvalue weighted by atomic mass is 10.1. The van der Waals surface area contributed by atoms with Crippen LogP contribution in [0.3, 0.4) is 0 Å². The number of nitrogens with zero attached hydrogens (tertiary/aromatic N) is 2. The van der Waals surface area contributed by atoms with Crippen molar-refractivity contribution in [1.82, 2.24) is 15.1 Å². The first-order valence-corrected chi connectivity index (χ1v) is 8.53. The average molecular weight is 370 g/mol. The van der Waals surface area contributed by atoms with E-state index < -0.39 is 0 Å². The second-order valence-electron chi connectivity index (χ2n) is 5.95. The van der Waals surface area contributed by atoms with Gasteiger partial charge in [-0.15, -0.1) is 0 Å². The number of amides is 4. The molecule has 0 aromatic heterocycles. The van der Waals surface area contributed by atoms with Crippen molar-refractivity contribution in [2.75, 3.05) is 19.6 Å². The fraction of sp³-hybridized carbons (Fsp3) is 0.438. The van der Waals surface area contributed by atoms with E-state index in [0.717, 1.165) is 5.56 Å². The number of imide groups is 1. The zero-order valence-corrected chi connectivity index (χ0v) is 14.4. The van der Waals surface area contributed by atoms with E-state index >= 15 is 0 Å². The molecular formula is C16H17Cl2N3O3. The van der Waals surface area contributed by atoms with Crippen LogP contribution in [0.4, 0.5) is 4.79 Å². The maximum atomic E-state index is 12.4. The molecular weight excluding hydrogens is 353 g/mol. The van der Waals surface area contributed by atoms with Crippen molar-refractivity contribution in [1.29, 1.82) is 0 Å². The van der Waals surface area contributed by atoms with Gasteiger partial charge < -0.3 is 10.2 Å². The van der Waals surface area contributed by atoms with Gasteiger partial charge in [-0.1, -0.05) is 29.3 Å². The van der Waals surface area contributed by atoms with Gasteiger partial charge in [0.15, 0.2) is 0 Å². The highest BCUT2D eigenvalue weighted by Crippen LogP contribution is 2.24. The van der Waals surface area contributed by atoms with Crippen LogP contribution >= 0.6 is 23.2 Å². The van der Waals surface area contributed by atoms with Gasteiger partial charge in [0, 0.05) is 19.5 Å². The Morgan fingerprint density at radius 1 is 1.25 bits per heavy atom. The molecule has 1 aromatic carbocycles. The molecule has 2 aliphatic rings. The molecule has 2 heterocycles. The van der Waals surface area contributed by atoms with Gasteiger partial charge in [0.25, 0.3) is 0 Å². The number of hydrogen-bond acceptors (Lipinski definition) is 3. The monoisotopic (exact) mass is 369 g/mol. The molecule has 2 aliphatic heterocycles. The molecule has 0 spiro atoms. The first-order chi connectivity index (χ1) is 11.5. The number of urea groups is 1. The first-order valence-electron chi connectivity index (χ1n) is 7.77. The van der Waals surface area contributed by atoms with Gasteiger partial charge in [0.1, 0.15) is 0 Å². The number of halogens is 2. The molecule has 2 fully saturated rings. The number of rotatable bonds is 4. The van der Waals surface area contributed by atoms with Gasteiger partial charge in [0.05, 0.1) is 22.6 Å². The maximum Gasteiger partial charge on any atom is 0.324 e. The average Bonchev–Trinajstić information content (AvgIpc) is 3.15. The van der Waals surface area contributed by atoms with E-state index in [4.69, 9.17) is 23.2 Å². The molecule has 1 unspecified atom stereocenters. The van der Waals surface area contributed by atoms with E-state index in [1.54, 1.807) is 17.0 Å². The van der Waals surface area contributed by atoms with Gasteiger partial charge in [-0.3, -0.25) is 14.5 Å². The van der Waals surface area contributed by atoms with Crippen molar-refractivity contribution in [3.63, 3.8) is 0 Å². The summed E-state index contributed by atoms with van der Waals surface area (Å²) in [5.74, 6) is -0.217. The Bertz CT molecular complexity index is 679. The van der Waals surface area contributed by atoms with Gasteiger partial charge in [-0.2, -0.15) is 0 Å². The van der Waals surface area contributed by atoms with E-state index in [2.05, 4.69) is 5.32 Å². The van der Waals surface area contributed by atoms with Crippen molar-refractivity contribution in [2.45, 2.75) is 25.3 Å². The van der Waals surface area contributed by atoms with Crippen LogP contribution in [0.1, 0.15) is 18.4 Å². The van der Waals surface area contributed by atoms with Crippen LogP contribution in [0.2, 0.25) is 10.0 Å². The lowest BCUT2D eigenvalue weighted by molar-refractivity contribution is -0.131. The summed E-state index contributed by atoms with van der Waals surface area (Å²) >= 11 is 11.8. The Labute approximate surface area is 149 Å². The normalized spacial score (nSPS) is 20.7. The second kappa shape index (κ2) is 6.99. The molecule has 2 saturated heterocycles. The van der Waals surface area contributed by atoms with Crippen molar-refractivity contribution in [3.8, 4) is 0 Å². The lowest BCUT2D eigenvalue weighted by Gasteiger charge is -2.21. The topological polar surface area (TPSA) is 69.7 Å². The number of likely N-dealkylation sites (tertiary alicyclic amines) is 1. The smallest absolute Gasteiger partial charge is 0.324 e. The lowest BCUT2D eigenvalue weighted by Crippen LogP contribution is -2.42. The predicted molar refractivity (Wildman–Crippen MR) is 90.0 cm³/mol. The number of benzene rings is 1. The molecule has 0 aliphatic carbocycles. The van der Waals surface area contributed by atoms with E-state index in [-0.39, 0.29) is 30.4 Å². The highest BCUT2D eigenvalue weighted by molar-refractivity contribution is 6.42. The Balaban J connectivity index is 1.54. The standard InChI is InChI=1S/C16H17Cl2N3O3/c17-12-3-1-10(7-13(12)18)2-4-14(22)20-6-5-11(9-20)21-15(23)8-19-16(21)24/h1,3,7,11H,2,4-6,8-9H2,(H,19,24). The largest absolute Gasteiger partial charge is 0.341 e. The molecule has 0 saturated carbocycles. The van der Waals surface area contributed by atoms with E-state index in [1.807, 2.05) is 6.07 Å². The van der Waals surface area contributed by atoms with E-state index in [9.17, 15) is 14.4 Å². The summed E-state index contributed by atoms with van der Waals surface area (Å²) in [6.45, 7) is 1.00. The van der Waals surface area contributed by atoms with E-state index in [1.165, 1.54) is 4.90 Å². The molecule has 128 valence electrons. The third-order valence-corrected chi connectivity index (χ3v) is 5.11. The predicted octanol–water partition coefficient (Wildman–Crippen LogP) is 2.08. The van der Waals surface area contributed by atoms with Crippen LogP contribution in [0, 0.1) is 0 Å². The summed E-state index contributed by atoms with van der Waals surface area (Å²) in [4.78, 5) is 38.7. The van der Waals surface area contributed by atoms with Crippen LogP contribution in [-0.4, -0.2) is 53.3 Å². The summed E-state index contributed by atoms with van der Waals surface area (Å²) in [7, 11) is 0. The number of aryl methyl sites for hydroxylation is 1. The Morgan fingerprint density at radius 2 is 2.04 bits per heavy atom. The molecule has 4 amide bonds. The highest BCUT2D eigenvalue weighted by atomic mass is 35.5. The minimum Gasteiger partial charge on any atom is -0.341 e. The van der Waals surface area contributed by atoms with Gasteiger partial charge >= 0.3 is 6.03 Å². The van der Waals surface area contributed by atoms with Crippen LogP contribution in [-0.2, 0) is 16.0 Å². The third-order valence-electron chi connectivity index (χ3n) is 4.37. The molecule has 1 aromatic rings. The van der Waals surface area contributed by atoms with Gasteiger partial charge in [-0.05, 0) is 30.5 Å². The summed E-state index contributed by atoms with van der Waals surface area (Å²) in [6, 6.07) is 4.73. The van der Waals surface area contributed by atoms with Crippen LogP contribution in [0.25, 0.3) is 0 Å². The number of carbonyl (C=O) groups is 3. The molecule has 3 rings (SSSR count). The number of nitrogens with one attached hydrogen (secondary N) is 1. The summed E-state index contributed by atoms with van der Waals surface area (Å²) in [6.07, 6.45) is 1.54. The minimum atomic E-state index is -0.366. The van der Waals surface area contributed by atoms with Crippen molar-refractivity contribution in [3.05, 3.63) is 33.8 Å². The first kappa shape index (κ1) is 17.0. The fourth-order valence-electron chi connectivity index (χ4n) is 3.09. The zero-order valence-electron chi connectivity index (χ0n) is 12.9. The third kappa shape index (κ3) is 3.49. The number of hydrogen-bond donors (Lipinski definition) is 1. The molecule has 0 radical (unpaired) electrons. The van der Waals surface area contributed by atoms with Gasteiger partial charge in [0.2, 0.25) is 11.8 Å². The Hall–Kier alpha value is -1.79. The van der Waals surface area contributed by atoms with Gasteiger partial charge in [-0.25, -0.2) is 4.79 Å². The Kier molecular flexibility index (Phi) is 4.96. The molecule has 24 heavy (non-hydrogen) atoms. The minimum absolute atomic E-state index is 0.00984. The summed E-state index contributed by atoms with van der Waals surface area (Å²) < 4.78 is 0. The molecule has 0 bridgehead atoms. The summed E-state index contributed by atoms with van der Waals surface area (Å²) in [5, 5.41) is 3.47. The quantitative estimate of drug-likeness (QED) is 0.826. The zero-order chi connectivity index (χ0) is 17.3. The molecule has 8 heteroatoms. The van der Waals surface area contributed by atoms with Crippen molar-refractivity contribution in [2.24, 2.45) is 0 Å². The van der Waals surface area contributed by atoms with Crippen molar-refractivity contribution < 1.29 is 14.4 Å². The molecule has 1 N–H and O–H groups in total. The van der Waals surface area contributed by atoms with Crippen molar-refractivity contribution >= 4 is 41.0 Å².